The van der Waals surface area contributed by atoms with Gasteiger partial charge in [-0.05, 0) is 41.5 Å². The molecule has 0 unspecified atom stereocenters. The fourth-order valence-corrected chi connectivity index (χ4v) is 4.32. The summed E-state index contributed by atoms with van der Waals surface area (Å²) in [5.74, 6) is 2.00. The maximum absolute atomic E-state index is 5.96. The van der Waals surface area contributed by atoms with Crippen molar-refractivity contribution in [1.82, 2.24) is 25.2 Å². The normalized spacial score (nSPS) is 12.7. The van der Waals surface area contributed by atoms with Crippen LogP contribution in [0.4, 0.5) is 5.69 Å². The van der Waals surface area contributed by atoms with Gasteiger partial charge in [0.2, 0.25) is 5.82 Å². The highest BCUT2D eigenvalue weighted by atomic mass is 127. The molecule has 0 fully saturated rings. The molecule has 0 saturated heterocycles. The summed E-state index contributed by atoms with van der Waals surface area (Å²) in [4.78, 5) is 4.37. The summed E-state index contributed by atoms with van der Waals surface area (Å²) in [6, 6.07) is 9.66. The van der Waals surface area contributed by atoms with Crippen LogP contribution in [0.2, 0.25) is 0 Å². The molecule has 0 N–H and O–H groups in total. The number of aromatic nitrogens is 5. The number of fused-ring (bicyclic) bond motifs is 1. The number of hydrogen-bond acceptors (Lipinski definition) is 8. The molecule has 0 spiro atoms. The van der Waals surface area contributed by atoms with Crippen molar-refractivity contribution in [3.63, 3.8) is 0 Å². The van der Waals surface area contributed by atoms with Crippen LogP contribution in [-0.2, 0) is 6.54 Å². The standard InChI is InChI=1S/C20H22IN7O2/c1-3-9-29-17-11-15-16(12-18(17)30-10-4-2)23-21-24-19(15)20-25-26-27-28(20)13-14-7-5-6-8-22-14/h5-8,11-12H,3-4,9-10,13H2,1-2H3. The van der Waals surface area contributed by atoms with Crippen LogP contribution >= 0.6 is 21.3 Å². The van der Waals surface area contributed by atoms with Gasteiger partial charge in [-0.15, -0.1) is 5.10 Å². The Bertz CT molecular complexity index is 1070. The summed E-state index contributed by atoms with van der Waals surface area (Å²) in [5.41, 5.74) is 3.30. The monoisotopic (exact) mass is 519 g/mol. The van der Waals surface area contributed by atoms with Crippen LogP contribution in [0.25, 0.3) is 0 Å². The van der Waals surface area contributed by atoms with Crippen molar-refractivity contribution < 1.29 is 9.47 Å². The highest BCUT2D eigenvalue weighted by Crippen LogP contribution is 2.40. The molecule has 0 aliphatic carbocycles. The van der Waals surface area contributed by atoms with E-state index < -0.39 is 21.3 Å². The Morgan fingerprint density at radius 2 is 1.83 bits per heavy atom. The van der Waals surface area contributed by atoms with E-state index in [1.807, 2.05) is 30.3 Å². The Hall–Kier alpha value is -2.76. The maximum atomic E-state index is 5.96. The number of ether oxygens (including phenoxy) is 2. The molecule has 1 aromatic carbocycles. The van der Waals surface area contributed by atoms with Crippen LogP contribution in [-0.4, -0.2) is 44.1 Å². The molecule has 10 heteroatoms. The van der Waals surface area contributed by atoms with Crippen molar-refractivity contribution in [3.8, 4) is 11.5 Å². The van der Waals surface area contributed by atoms with Crippen LogP contribution in [0, 0.1) is 0 Å². The first-order valence-electron chi connectivity index (χ1n) is 9.83. The summed E-state index contributed by atoms with van der Waals surface area (Å²) < 4.78 is 23.0. The molecular formula is C20H22IN7O2. The maximum Gasteiger partial charge on any atom is 0.202 e. The quantitative estimate of drug-likeness (QED) is 0.392. The zero-order valence-electron chi connectivity index (χ0n) is 16.8. The van der Waals surface area contributed by atoms with Gasteiger partial charge >= 0.3 is 0 Å². The minimum absolute atomic E-state index is 0.462. The minimum atomic E-state index is -0.750. The Kier molecular flexibility index (Phi) is 6.72. The lowest BCUT2D eigenvalue weighted by Gasteiger charge is -2.17. The Labute approximate surface area is 185 Å². The number of rotatable bonds is 9. The lowest BCUT2D eigenvalue weighted by Crippen LogP contribution is -2.16. The SMILES string of the molecule is CCCOc1cc2c(cc1OCCC)C(c1nnnn1Cc1ccccn1)=NI=N2. The molecule has 30 heavy (non-hydrogen) atoms. The zero-order chi connectivity index (χ0) is 20.8. The topological polar surface area (TPSA) is 99.7 Å². The molecule has 1 aliphatic heterocycles. The molecule has 0 saturated carbocycles. The third kappa shape index (κ3) is 4.53. The molecular weight excluding hydrogens is 497 g/mol. The Morgan fingerprint density at radius 3 is 2.57 bits per heavy atom. The van der Waals surface area contributed by atoms with E-state index in [0.29, 0.717) is 37.1 Å². The number of hydrogen-bond donors (Lipinski definition) is 0. The highest BCUT2D eigenvalue weighted by Gasteiger charge is 2.24. The van der Waals surface area contributed by atoms with Gasteiger partial charge in [-0.3, -0.25) is 4.98 Å². The molecule has 3 aromatic rings. The average molecular weight is 519 g/mol. The second kappa shape index (κ2) is 9.83. The van der Waals surface area contributed by atoms with Gasteiger partial charge in [0.1, 0.15) is 27.0 Å². The van der Waals surface area contributed by atoms with Gasteiger partial charge in [0.25, 0.3) is 0 Å². The van der Waals surface area contributed by atoms with Crippen molar-refractivity contribution in [2.24, 2.45) is 6.35 Å². The third-order valence-electron chi connectivity index (χ3n) is 4.27. The molecule has 2 aromatic heterocycles. The van der Waals surface area contributed by atoms with Gasteiger partial charge in [-0.1, -0.05) is 19.9 Å². The van der Waals surface area contributed by atoms with Crippen LogP contribution in [0.15, 0.2) is 42.9 Å². The first kappa shape index (κ1) is 20.5. The van der Waals surface area contributed by atoms with Gasteiger partial charge in [0.05, 0.1) is 31.1 Å². The number of pyridine rings is 1. The van der Waals surface area contributed by atoms with E-state index in [1.54, 1.807) is 10.9 Å². The van der Waals surface area contributed by atoms with Crippen LogP contribution in [0.1, 0.15) is 43.8 Å². The number of halogens is 1. The molecule has 0 amide bonds. The molecule has 0 atom stereocenters. The lowest BCUT2D eigenvalue weighted by molar-refractivity contribution is 0.268. The van der Waals surface area contributed by atoms with E-state index in [4.69, 9.17) is 12.7 Å². The first-order chi connectivity index (χ1) is 14.8. The number of benzene rings is 1. The van der Waals surface area contributed by atoms with Crippen LogP contribution < -0.4 is 9.47 Å². The molecule has 0 bridgehead atoms. The van der Waals surface area contributed by atoms with Crippen molar-refractivity contribution in [2.45, 2.75) is 33.2 Å². The molecule has 3 heterocycles. The molecule has 156 valence electrons. The third-order valence-corrected chi connectivity index (χ3v) is 5.71. The zero-order valence-corrected chi connectivity index (χ0v) is 19.0. The van der Waals surface area contributed by atoms with E-state index in [9.17, 15) is 0 Å². The predicted molar refractivity (Wildman–Crippen MR) is 121 cm³/mol. The van der Waals surface area contributed by atoms with E-state index in [1.165, 1.54) is 0 Å². The predicted octanol–water partition coefficient (Wildman–Crippen LogP) is 4.25. The van der Waals surface area contributed by atoms with Crippen molar-refractivity contribution >= 4 is 32.7 Å². The van der Waals surface area contributed by atoms with Crippen molar-refractivity contribution in [1.29, 1.82) is 0 Å². The Balaban J connectivity index is 1.71. The summed E-state index contributed by atoms with van der Waals surface area (Å²) in [6.07, 6.45) is 3.58. The fourth-order valence-electron chi connectivity index (χ4n) is 2.89. The van der Waals surface area contributed by atoms with E-state index in [-0.39, 0.29) is 0 Å². The molecule has 1 aliphatic rings. The van der Waals surface area contributed by atoms with Crippen molar-refractivity contribution in [2.75, 3.05) is 13.2 Å². The van der Waals surface area contributed by atoms with Gasteiger partial charge in [0, 0.05) is 17.8 Å². The summed E-state index contributed by atoms with van der Waals surface area (Å²) in [6.45, 7) is 5.84. The van der Waals surface area contributed by atoms with Gasteiger partial charge < -0.3 is 9.47 Å². The molecule has 9 nitrogen and oxygen atoms in total. The van der Waals surface area contributed by atoms with Crippen LogP contribution in [0.5, 0.6) is 11.5 Å². The minimum Gasteiger partial charge on any atom is -0.490 e. The van der Waals surface area contributed by atoms with E-state index >= 15 is 0 Å². The fraction of sp³-hybridized carbons (Fsp3) is 0.350. The largest absolute Gasteiger partial charge is 0.490 e. The molecule has 4 rings (SSSR count). The molecule has 0 radical (unpaired) electrons. The average Bonchev–Trinajstić information content (AvgIpc) is 3.24. The second-order valence-corrected chi connectivity index (χ2v) is 7.98. The summed E-state index contributed by atoms with van der Waals surface area (Å²) in [5, 5.41) is 12.3. The lowest BCUT2D eigenvalue weighted by atomic mass is 10.1. The second-order valence-electron chi connectivity index (χ2n) is 6.59. The van der Waals surface area contributed by atoms with Crippen LogP contribution in [0.3, 0.4) is 0 Å². The van der Waals surface area contributed by atoms with Gasteiger partial charge in [0.15, 0.2) is 11.5 Å². The summed E-state index contributed by atoms with van der Waals surface area (Å²) >= 11 is -0.750. The first-order valence-corrected chi connectivity index (χ1v) is 11.8. The number of tetrazole rings is 1. The smallest absolute Gasteiger partial charge is 0.202 e. The summed E-state index contributed by atoms with van der Waals surface area (Å²) in [7, 11) is 0. The van der Waals surface area contributed by atoms with E-state index in [2.05, 4.69) is 37.5 Å². The van der Waals surface area contributed by atoms with E-state index in [0.717, 1.165) is 35.5 Å². The number of nitrogens with zero attached hydrogens (tertiary/aromatic N) is 7. The van der Waals surface area contributed by atoms with Gasteiger partial charge in [-0.25, -0.2) is 7.83 Å². The Morgan fingerprint density at radius 1 is 1.03 bits per heavy atom. The highest BCUT2D eigenvalue weighted by molar-refractivity contribution is 14.1. The van der Waals surface area contributed by atoms with Crippen molar-refractivity contribution in [3.05, 3.63) is 53.6 Å². The van der Waals surface area contributed by atoms with Gasteiger partial charge in [-0.2, -0.15) is 3.21 Å².